The molecule has 0 aromatic heterocycles. The largest absolute Gasteiger partial charge is 0.371 e. The van der Waals surface area contributed by atoms with Gasteiger partial charge in [-0.2, -0.15) is 0 Å². The molecule has 1 saturated heterocycles. The molecular formula is C21H23N. The molecule has 1 unspecified atom stereocenters. The zero-order chi connectivity index (χ0) is 15.0. The molecule has 1 nitrogen and oxygen atoms in total. The smallest absolute Gasteiger partial charge is 0.0470 e. The van der Waals surface area contributed by atoms with Crippen molar-refractivity contribution in [2.24, 2.45) is 0 Å². The molecular weight excluding hydrogens is 266 g/mol. The molecule has 1 aliphatic rings. The van der Waals surface area contributed by atoms with Crippen molar-refractivity contribution in [3.8, 4) is 0 Å². The number of nitrogens with zero attached hydrogens (tertiary/aromatic N) is 1. The van der Waals surface area contributed by atoms with E-state index in [1.165, 1.54) is 30.4 Å². The number of hydrogen-bond acceptors (Lipinski definition) is 1. The zero-order valence-corrected chi connectivity index (χ0v) is 12.9. The van der Waals surface area contributed by atoms with Gasteiger partial charge >= 0.3 is 0 Å². The van der Waals surface area contributed by atoms with Crippen LogP contribution in [0.2, 0.25) is 0 Å². The molecule has 0 saturated carbocycles. The average Bonchev–Trinajstić information content (AvgIpc) is 2.61. The van der Waals surface area contributed by atoms with Crippen molar-refractivity contribution in [2.45, 2.75) is 25.3 Å². The highest BCUT2D eigenvalue weighted by Gasteiger charge is 2.16. The van der Waals surface area contributed by atoms with Crippen LogP contribution in [0.5, 0.6) is 0 Å². The van der Waals surface area contributed by atoms with E-state index in [1.807, 2.05) is 0 Å². The first kappa shape index (κ1) is 14.6. The topological polar surface area (TPSA) is 3.24 Å². The highest BCUT2D eigenvalue weighted by atomic mass is 15.1. The van der Waals surface area contributed by atoms with Gasteiger partial charge in [0.2, 0.25) is 0 Å². The summed E-state index contributed by atoms with van der Waals surface area (Å²) in [5, 5.41) is 0. The number of benzene rings is 2. The van der Waals surface area contributed by atoms with Crippen molar-refractivity contribution >= 4 is 12.2 Å². The Bertz CT molecular complexity index is 555. The lowest BCUT2D eigenvalue weighted by molar-refractivity contribution is 0.254. The lowest BCUT2D eigenvalue weighted by atomic mass is 10.0. The van der Waals surface area contributed by atoms with E-state index in [1.54, 1.807) is 0 Å². The Balaban J connectivity index is 1.69. The first-order valence-corrected chi connectivity index (χ1v) is 8.14. The van der Waals surface area contributed by atoms with E-state index in [2.05, 4.69) is 90.0 Å². The molecule has 112 valence electrons. The summed E-state index contributed by atoms with van der Waals surface area (Å²) >= 11 is 0. The fourth-order valence-electron chi connectivity index (χ4n) is 2.90. The van der Waals surface area contributed by atoms with E-state index in [9.17, 15) is 0 Å². The van der Waals surface area contributed by atoms with Crippen molar-refractivity contribution in [3.05, 3.63) is 84.1 Å². The van der Waals surface area contributed by atoms with Crippen molar-refractivity contribution < 1.29 is 0 Å². The Morgan fingerprint density at radius 2 is 1.41 bits per heavy atom. The number of rotatable bonds is 4. The third kappa shape index (κ3) is 4.11. The predicted octanol–water partition coefficient (Wildman–Crippen LogP) is 5.23. The van der Waals surface area contributed by atoms with Crippen LogP contribution >= 0.6 is 0 Å². The van der Waals surface area contributed by atoms with Gasteiger partial charge in [-0.25, -0.2) is 0 Å². The quantitative estimate of drug-likeness (QED) is 0.745. The molecule has 0 radical (unpaired) electrons. The van der Waals surface area contributed by atoms with Gasteiger partial charge < -0.3 is 4.90 Å². The van der Waals surface area contributed by atoms with Gasteiger partial charge in [-0.05, 0) is 36.5 Å². The molecule has 22 heavy (non-hydrogen) atoms. The van der Waals surface area contributed by atoms with Gasteiger partial charge in [0.15, 0.2) is 0 Å². The second-order valence-electron chi connectivity index (χ2n) is 5.80. The normalized spacial score (nSPS) is 19.1. The number of hydrogen-bond donors (Lipinski definition) is 0. The third-order valence-electron chi connectivity index (χ3n) is 4.16. The molecule has 1 atom stereocenters. The van der Waals surface area contributed by atoms with Gasteiger partial charge in [-0.1, -0.05) is 72.8 Å². The third-order valence-corrected chi connectivity index (χ3v) is 4.16. The maximum atomic E-state index is 2.47. The van der Waals surface area contributed by atoms with Gasteiger partial charge in [0, 0.05) is 18.8 Å². The van der Waals surface area contributed by atoms with Crippen LogP contribution in [0.15, 0.2) is 72.9 Å². The molecule has 2 aromatic carbocycles. The van der Waals surface area contributed by atoms with Crippen LogP contribution in [0.4, 0.5) is 0 Å². The van der Waals surface area contributed by atoms with Crippen LogP contribution in [0.1, 0.15) is 30.4 Å². The average molecular weight is 289 g/mol. The summed E-state index contributed by atoms with van der Waals surface area (Å²) in [5.41, 5.74) is 2.54. The molecule has 0 amide bonds. The van der Waals surface area contributed by atoms with Crippen molar-refractivity contribution in [3.63, 3.8) is 0 Å². The molecule has 1 fully saturated rings. The Kier molecular flexibility index (Phi) is 5.09. The van der Waals surface area contributed by atoms with Gasteiger partial charge in [-0.15, -0.1) is 0 Å². The minimum atomic E-state index is 0.508. The van der Waals surface area contributed by atoms with E-state index >= 15 is 0 Å². The Hall–Kier alpha value is -2.28. The summed E-state index contributed by atoms with van der Waals surface area (Å²) in [4.78, 5) is 2.47. The Labute approximate surface area is 133 Å². The van der Waals surface area contributed by atoms with Crippen molar-refractivity contribution in [1.29, 1.82) is 0 Å². The van der Waals surface area contributed by atoms with Gasteiger partial charge in [0.05, 0.1) is 0 Å². The molecule has 0 bridgehead atoms. The second-order valence-corrected chi connectivity index (χ2v) is 5.80. The lowest BCUT2D eigenvalue weighted by Gasteiger charge is -2.33. The first-order chi connectivity index (χ1) is 10.9. The second kappa shape index (κ2) is 7.65. The van der Waals surface area contributed by atoms with Gasteiger partial charge in [0.1, 0.15) is 0 Å². The summed E-state index contributed by atoms with van der Waals surface area (Å²) in [7, 11) is 0. The van der Waals surface area contributed by atoms with Crippen LogP contribution in [-0.2, 0) is 0 Å². The summed E-state index contributed by atoms with van der Waals surface area (Å²) in [6.07, 6.45) is 12.9. The van der Waals surface area contributed by atoms with E-state index in [4.69, 9.17) is 0 Å². The summed E-state index contributed by atoms with van der Waals surface area (Å²) in [6.45, 7) is 1.15. The molecule has 0 aliphatic carbocycles. The van der Waals surface area contributed by atoms with Crippen molar-refractivity contribution in [1.82, 2.24) is 4.90 Å². The highest BCUT2D eigenvalue weighted by molar-refractivity contribution is 5.51. The van der Waals surface area contributed by atoms with Crippen LogP contribution < -0.4 is 0 Å². The standard InChI is InChI=1S/C21H23N/c1-3-9-19(10-4-1)14-15-21-13-7-8-17-22(21)18-16-20-11-5-2-6-12-20/h1-6,9-12,14-16,18,21H,7-8,13,17H2/b15-14+,18-16+. The highest BCUT2D eigenvalue weighted by Crippen LogP contribution is 2.20. The SMILES string of the molecule is C(=C\C1CCCCN1/C=C/c1ccccc1)/c1ccccc1. The molecule has 0 N–H and O–H groups in total. The van der Waals surface area contributed by atoms with Crippen molar-refractivity contribution in [2.75, 3.05) is 6.54 Å². The van der Waals surface area contributed by atoms with Crippen LogP contribution in [0.25, 0.3) is 12.2 Å². The van der Waals surface area contributed by atoms with Crippen LogP contribution in [0.3, 0.4) is 0 Å². The summed E-state index contributed by atoms with van der Waals surface area (Å²) < 4.78 is 0. The molecule has 2 aromatic rings. The molecule has 1 heterocycles. The van der Waals surface area contributed by atoms with Gasteiger partial charge in [0.25, 0.3) is 0 Å². The summed E-state index contributed by atoms with van der Waals surface area (Å²) in [6, 6.07) is 21.6. The van der Waals surface area contributed by atoms with Crippen LogP contribution in [-0.4, -0.2) is 17.5 Å². The first-order valence-electron chi connectivity index (χ1n) is 8.14. The molecule has 1 aliphatic heterocycles. The fraction of sp³-hybridized carbons (Fsp3) is 0.238. The maximum absolute atomic E-state index is 2.47. The monoisotopic (exact) mass is 289 g/mol. The number of likely N-dealkylation sites (tertiary alicyclic amines) is 1. The maximum Gasteiger partial charge on any atom is 0.0470 e. The summed E-state index contributed by atoms with van der Waals surface area (Å²) in [5.74, 6) is 0. The zero-order valence-electron chi connectivity index (χ0n) is 12.9. The van der Waals surface area contributed by atoms with E-state index in [-0.39, 0.29) is 0 Å². The Morgan fingerprint density at radius 3 is 2.09 bits per heavy atom. The predicted molar refractivity (Wildman–Crippen MR) is 95.3 cm³/mol. The van der Waals surface area contributed by atoms with E-state index in [0.717, 1.165) is 6.54 Å². The minimum absolute atomic E-state index is 0.508. The van der Waals surface area contributed by atoms with E-state index in [0.29, 0.717) is 6.04 Å². The molecule has 3 rings (SSSR count). The number of piperidine rings is 1. The minimum Gasteiger partial charge on any atom is -0.371 e. The lowest BCUT2D eigenvalue weighted by Crippen LogP contribution is -2.33. The fourth-order valence-corrected chi connectivity index (χ4v) is 2.90. The molecule has 0 spiro atoms. The van der Waals surface area contributed by atoms with Crippen LogP contribution in [0, 0.1) is 0 Å². The molecule has 1 heteroatoms. The Morgan fingerprint density at radius 1 is 0.773 bits per heavy atom. The van der Waals surface area contributed by atoms with E-state index < -0.39 is 0 Å². The van der Waals surface area contributed by atoms with Gasteiger partial charge in [-0.3, -0.25) is 0 Å².